The van der Waals surface area contributed by atoms with Gasteiger partial charge in [0.1, 0.15) is 5.82 Å². The number of anilines is 3. The van der Waals surface area contributed by atoms with Crippen LogP contribution in [0.5, 0.6) is 0 Å². The van der Waals surface area contributed by atoms with E-state index in [9.17, 15) is 13.2 Å². The maximum atomic E-state index is 12.2. The number of aromatic nitrogens is 4. The van der Waals surface area contributed by atoms with E-state index in [4.69, 9.17) is 5.73 Å². The number of nitrogen functional groups attached to an aromatic ring is 1. The molecular formula is C18H21N7O3S. The number of nitrogens with zero attached hydrogens (tertiary/aromatic N) is 3. The Hall–Kier alpha value is -3.47. The fourth-order valence-electron chi connectivity index (χ4n) is 2.70. The molecule has 0 aliphatic carbocycles. The molecule has 0 aliphatic rings. The van der Waals surface area contributed by atoms with E-state index in [1.807, 2.05) is 6.92 Å². The largest absolute Gasteiger partial charge is 0.384 e. The summed E-state index contributed by atoms with van der Waals surface area (Å²) in [5.41, 5.74) is 9.38. The molecule has 0 unspecified atom stereocenters. The van der Waals surface area contributed by atoms with Crippen molar-refractivity contribution in [2.75, 3.05) is 22.6 Å². The number of amides is 2. The van der Waals surface area contributed by atoms with Crippen LogP contribution in [0.3, 0.4) is 0 Å². The number of aromatic amines is 1. The number of carbonyl (C=O) groups is 1. The van der Waals surface area contributed by atoms with Crippen LogP contribution < -0.4 is 16.4 Å². The maximum Gasteiger partial charge on any atom is 0.323 e. The standard InChI is InChI=1S/C18H21N7O3S/c1-10-16(11(2)25-24-10)23-18(26)21-13-6-4-12(5-7-13)17-20-14(8-15(19)22-17)9-29(3,27)28/h4-8H,9H2,1-3H3,(H,24,25)(H2,19,20,22)(H2,21,23,26). The Kier molecular flexibility index (Phi) is 5.50. The summed E-state index contributed by atoms with van der Waals surface area (Å²) in [4.78, 5) is 20.6. The lowest BCUT2D eigenvalue weighted by atomic mass is 10.2. The van der Waals surface area contributed by atoms with Crippen molar-refractivity contribution in [1.82, 2.24) is 20.2 Å². The van der Waals surface area contributed by atoms with Crippen LogP contribution in [0.25, 0.3) is 11.4 Å². The normalized spacial score (nSPS) is 11.3. The van der Waals surface area contributed by atoms with Gasteiger partial charge in [-0.25, -0.2) is 23.2 Å². The van der Waals surface area contributed by atoms with E-state index in [1.165, 1.54) is 6.07 Å². The van der Waals surface area contributed by atoms with Crippen LogP contribution >= 0.6 is 0 Å². The average molecular weight is 415 g/mol. The van der Waals surface area contributed by atoms with E-state index in [0.717, 1.165) is 11.9 Å². The molecule has 2 heterocycles. The zero-order valence-electron chi connectivity index (χ0n) is 16.1. The van der Waals surface area contributed by atoms with Crippen LogP contribution in [0.1, 0.15) is 17.1 Å². The van der Waals surface area contributed by atoms with Gasteiger partial charge in [-0.15, -0.1) is 0 Å². The van der Waals surface area contributed by atoms with Gasteiger partial charge in [-0.2, -0.15) is 5.10 Å². The molecule has 0 spiro atoms. The smallest absolute Gasteiger partial charge is 0.323 e. The quantitative estimate of drug-likeness (QED) is 0.498. The predicted octanol–water partition coefficient (Wildman–Crippen LogP) is 2.25. The van der Waals surface area contributed by atoms with Gasteiger partial charge in [0.05, 0.1) is 28.5 Å². The fourth-order valence-corrected chi connectivity index (χ4v) is 3.39. The number of carbonyl (C=O) groups excluding carboxylic acids is 1. The molecule has 3 aromatic rings. The van der Waals surface area contributed by atoms with Crippen molar-refractivity contribution < 1.29 is 13.2 Å². The summed E-state index contributed by atoms with van der Waals surface area (Å²) < 4.78 is 23.0. The van der Waals surface area contributed by atoms with Crippen LogP contribution in [-0.2, 0) is 15.6 Å². The molecule has 0 saturated carbocycles. The lowest BCUT2D eigenvalue weighted by Gasteiger charge is -2.09. The number of benzene rings is 1. The topological polar surface area (TPSA) is 156 Å². The van der Waals surface area contributed by atoms with Crippen LogP contribution in [0.15, 0.2) is 30.3 Å². The molecule has 10 nitrogen and oxygen atoms in total. The highest BCUT2D eigenvalue weighted by molar-refractivity contribution is 7.89. The first-order chi connectivity index (χ1) is 13.6. The van der Waals surface area contributed by atoms with E-state index in [0.29, 0.717) is 34.2 Å². The lowest BCUT2D eigenvalue weighted by molar-refractivity contribution is 0.262. The van der Waals surface area contributed by atoms with Crippen molar-refractivity contribution in [3.05, 3.63) is 47.4 Å². The lowest BCUT2D eigenvalue weighted by Crippen LogP contribution is -2.20. The molecule has 2 aromatic heterocycles. The first kappa shape index (κ1) is 20.3. The Morgan fingerprint density at radius 2 is 1.83 bits per heavy atom. The van der Waals surface area contributed by atoms with Gasteiger partial charge >= 0.3 is 6.03 Å². The second kappa shape index (κ2) is 7.87. The third-order valence-electron chi connectivity index (χ3n) is 3.98. The highest BCUT2D eigenvalue weighted by Crippen LogP contribution is 2.21. The zero-order valence-corrected chi connectivity index (χ0v) is 17.0. The maximum absolute atomic E-state index is 12.2. The Morgan fingerprint density at radius 1 is 1.14 bits per heavy atom. The van der Waals surface area contributed by atoms with E-state index >= 15 is 0 Å². The number of H-pyrrole nitrogens is 1. The van der Waals surface area contributed by atoms with Gasteiger partial charge in [0.15, 0.2) is 15.7 Å². The minimum Gasteiger partial charge on any atom is -0.384 e. The molecule has 3 rings (SSSR count). The molecule has 0 fully saturated rings. The van der Waals surface area contributed by atoms with Crippen LogP contribution in [0.2, 0.25) is 0 Å². The average Bonchev–Trinajstić information content (AvgIpc) is 2.92. The second-order valence-electron chi connectivity index (χ2n) is 6.64. The molecule has 1 aromatic carbocycles. The number of nitrogens with one attached hydrogen (secondary N) is 3. The van der Waals surface area contributed by atoms with Crippen LogP contribution in [-0.4, -0.2) is 40.9 Å². The molecule has 152 valence electrons. The molecule has 5 N–H and O–H groups in total. The second-order valence-corrected chi connectivity index (χ2v) is 8.78. The first-order valence-electron chi connectivity index (χ1n) is 8.62. The Morgan fingerprint density at radius 3 is 2.41 bits per heavy atom. The fraction of sp³-hybridized carbons (Fsp3) is 0.222. The number of hydrogen-bond acceptors (Lipinski definition) is 7. The van der Waals surface area contributed by atoms with E-state index in [-0.39, 0.29) is 11.6 Å². The number of sulfone groups is 1. The molecule has 0 radical (unpaired) electrons. The minimum absolute atomic E-state index is 0.182. The van der Waals surface area contributed by atoms with Gasteiger partial charge in [0.25, 0.3) is 0 Å². The predicted molar refractivity (Wildman–Crippen MR) is 111 cm³/mol. The Bertz CT molecular complexity index is 1140. The number of nitrogens with two attached hydrogens (primary N) is 1. The molecule has 29 heavy (non-hydrogen) atoms. The molecule has 0 saturated heterocycles. The summed E-state index contributed by atoms with van der Waals surface area (Å²) in [5, 5.41) is 12.3. The van der Waals surface area contributed by atoms with Gasteiger partial charge in [0.2, 0.25) is 0 Å². The van der Waals surface area contributed by atoms with Crippen molar-refractivity contribution in [3.8, 4) is 11.4 Å². The summed E-state index contributed by atoms with van der Waals surface area (Å²) in [5.74, 6) is 0.268. The monoisotopic (exact) mass is 415 g/mol. The Balaban J connectivity index is 1.74. The van der Waals surface area contributed by atoms with Crippen molar-refractivity contribution >= 4 is 33.1 Å². The molecule has 0 atom stereocenters. The molecule has 0 bridgehead atoms. The highest BCUT2D eigenvalue weighted by Gasteiger charge is 2.12. The van der Waals surface area contributed by atoms with Gasteiger partial charge in [0, 0.05) is 23.6 Å². The summed E-state index contributed by atoms with van der Waals surface area (Å²) >= 11 is 0. The number of rotatable bonds is 5. The van der Waals surface area contributed by atoms with Gasteiger partial charge < -0.3 is 16.4 Å². The molecule has 0 aliphatic heterocycles. The summed E-state index contributed by atoms with van der Waals surface area (Å²) in [6.07, 6.45) is 1.13. The van der Waals surface area contributed by atoms with E-state index in [1.54, 1.807) is 31.2 Å². The van der Waals surface area contributed by atoms with Gasteiger partial charge in [-0.3, -0.25) is 5.10 Å². The van der Waals surface area contributed by atoms with Crippen LogP contribution in [0.4, 0.5) is 22.0 Å². The van der Waals surface area contributed by atoms with Crippen molar-refractivity contribution in [2.24, 2.45) is 0 Å². The third-order valence-corrected chi connectivity index (χ3v) is 4.80. The third kappa shape index (κ3) is 5.29. The number of urea groups is 1. The Labute approximate surface area is 167 Å². The zero-order chi connectivity index (χ0) is 21.2. The highest BCUT2D eigenvalue weighted by atomic mass is 32.2. The van der Waals surface area contributed by atoms with Gasteiger partial charge in [-0.1, -0.05) is 0 Å². The molecule has 2 amide bonds. The minimum atomic E-state index is -3.25. The van der Waals surface area contributed by atoms with E-state index in [2.05, 4.69) is 30.8 Å². The SMILES string of the molecule is Cc1n[nH]c(C)c1NC(=O)Nc1ccc(-c2nc(N)cc(CS(C)(=O)=O)n2)cc1. The first-order valence-corrected chi connectivity index (χ1v) is 10.7. The number of aryl methyl sites for hydroxylation is 2. The van der Waals surface area contributed by atoms with Crippen molar-refractivity contribution in [2.45, 2.75) is 19.6 Å². The summed E-state index contributed by atoms with van der Waals surface area (Å²) in [7, 11) is -3.25. The van der Waals surface area contributed by atoms with Crippen LogP contribution in [0, 0.1) is 13.8 Å². The molecular weight excluding hydrogens is 394 g/mol. The van der Waals surface area contributed by atoms with Gasteiger partial charge in [-0.05, 0) is 38.1 Å². The molecule has 11 heteroatoms. The van der Waals surface area contributed by atoms with Crippen molar-refractivity contribution in [1.29, 1.82) is 0 Å². The summed E-state index contributed by atoms with van der Waals surface area (Å²) in [6.45, 7) is 3.60. The number of hydrogen-bond donors (Lipinski definition) is 4. The summed E-state index contributed by atoms with van der Waals surface area (Å²) in [6, 6.07) is 7.83. The van der Waals surface area contributed by atoms with E-state index < -0.39 is 15.9 Å². The van der Waals surface area contributed by atoms with Crippen molar-refractivity contribution in [3.63, 3.8) is 0 Å².